The van der Waals surface area contributed by atoms with Gasteiger partial charge in [0.1, 0.15) is 0 Å². The number of hydrogen-bond donors (Lipinski definition) is 0. The molecule has 0 atom stereocenters. The highest BCUT2D eigenvalue weighted by molar-refractivity contribution is 7.98. The minimum Gasteiger partial charge on any atom is -0.385 e. The maximum absolute atomic E-state index is 13.0. The fourth-order valence-corrected chi connectivity index (χ4v) is 4.06. The highest BCUT2D eigenvalue weighted by Gasteiger charge is 2.15. The number of rotatable bonds is 8. The van der Waals surface area contributed by atoms with Crippen LogP contribution >= 0.6 is 11.8 Å². The largest absolute Gasteiger partial charge is 0.385 e. The highest BCUT2D eigenvalue weighted by Crippen LogP contribution is 2.24. The Balaban J connectivity index is 1.60. The van der Waals surface area contributed by atoms with Crippen molar-refractivity contribution in [1.29, 1.82) is 0 Å². The normalized spacial score (nSPS) is 11.3. The molecule has 0 fully saturated rings. The van der Waals surface area contributed by atoms with Crippen LogP contribution in [0.15, 0.2) is 63.0 Å². The second kappa shape index (κ2) is 9.23. The van der Waals surface area contributed by atoms with Crippen LogP contribution in [0.5, 0.6) is 0 Å². The van der Waals surface area contributed by atoms with Gasteiger partial charge in [-0.05, 0) is 31.0 Å². The molecule has 2 aromatic heterocycles. The molecule has 0 amide bonds. The van der Waals surface area contributed by atoms with E-state index in [1.807, 2.05) is 49.4 Å². The summed E-state index contributed by atoms with van der Waals surface area (Å²) in [6.45, 7) is 3.12. The molecule has 0 saturated carbocycles. The van der Waals surface area contributed by atoms with Crippen LogP contribution in [0, 0.1) is 6.92 Å². The van der Waals surface area contributed by atoms with Gasteiger partial charge in [0.25, 0.3) is 5.56 Å². The molecule has 0 aliphatic rings. The number of ether oxygens (including phenoxy) is 1. The predicted molar refractivity (Wildman–Crippen MR) is 117 cm³/mol. The smallest absolute Gasteiger partial charge is 0.262 e. The lowest BCUT2D eigenvalue weighted by Crippen LogP contribution is -2.24. The fraction of sp³-hybridized carbons (Fsp3) is 0.273. The number of hydrogen-bond acceptors (Lipinski definition) is 7. The van der Waals surface area contributed by atoms with Crippen molar-refractivity contribution in [3.05, 3.63) is 70.3 Å². The van der Waals surface area contributed by atoms with Crippen molar-refractivity contribution >= 4 is 22.7 Å². The summed E-state index contributed by atoms with van der Waals surface area (Å²) in [4.78, 5) is 22.2. The summed E-state index contributed by atoms with van der Waals surface area (Å²) in [6.07, 6.45) is 0.724. The number of fused-ring (bicyclic) bond motifs is 1. The minimum atomic E-state index is -0.0506. The van der Waals surface area contributed by atoms with E-state index in [4.69, 9.17) is 14.2 Å². The summed E-state index contributed by atoms with van der Waals surface area (Å²) in [5.41, 5.74) is 2.66. The second-order valence-corrected chi connectivity index (χ2v) is 7.77. The Morgan fingerprint density at radius 2 is 1.90 bits per heavy atom. The Bertz CT molecular complexity index is 1220. The molecule has 0 saturated heterocycles. The van der Waals surface area contributed by atoms with Crippen LogP contribution in [0.1, 0.15) is 17.9 Å². The van der Waals surface area contributed by atoms with Crippen molar-refractivity contribution in [3.8, 4) is 11.4 Å². The van der Waals surface area contributed by atoms with Gasteiger partial charge < -0.3 is 9.26 Å². The number of para-hydroxylation sites is 1. The van der Waals surface area contributed by atoms with Crippen LogP contribution in [0.3, 0.4) is 0 Å². The van der Waals surface area contributed by atoms with Crippen LogP contribution in [-0.2, 0) is 17.0 Å². The highest BCUT2D eigenvalue weighted by atomic mass is 32.2. The van der Waals surface area contributed by atoms with E-state index in [0.29, 0.717) is 46.7 Å². The molecule has 0 N–H and O–H groups in total. The zero-order chi connectivity index (χ0) is 20.9. The lowest BCUT2D eigenvalue weighted by atomic mass is 10.1. The summed E-state index contributed by atoms with van der Waals surface area (Å²) in [7, 11) is 1.65. The average molecular weight is 423 g/mol. The molecule has 7 nitrogen and oxygen atoms in total. The number of aryl methyl sites for hydroxylation is 1. The standard InChI is InChI=1S/C22H22N4O3S/c1-15-8-3-4-9-16(15)20-24-19(29-25-20)14-30-22-23-18-11-6-5-10-17(18)21(27)26(22)12-7-13-28-2/h3-6,8-11H,7,12-14H2,1-2H3. The molecule has 154 valence electrons. The molecule has 2 heterocycles. The van der Waals surface area contributed by atoms with E-state index in [9.17, 15) is 4.79 Å². The molecule has 0 bridgehead atoms. The van der Waals surface area contributed by atoms with E-state index >= 15 is 0 Å². The van der Waals surface area contributed by atoms with Crippen LogP contribution < -0.4 is 5.56 Å². The van der Waals surface area contributed by atoms with Gasteiger partial charge in [-0.3, -0.25) is 9.36 Å². The maximum atomic E-state index is 13.0. The van der Waals surface area contributed by atoms with Crippen molar-refractivity contribution in [2.24, 2.45) is 0 Å². The summed E-state index contributed by atoms with van der Waals surface area (Å²) >= 11 is 1.41. The van der Waals surface area contributed by atoms with E-state index in [2.05, 4.69) is 10.1 Å². The van der Waals surface area contributed by atoms with Gasteiger partial charge in [0, 0.05) is 25.8 Å². The van der Waals surface area contributed by atoms with Gasteiger partial charge in [-0.25, -0.2) is 4.98 Å². The number of benzene rings is 2. The zero-order valence-corrected chi connectivity index (χ0v) is 17.7. The molecule has 4 rings (SSSR count). The minimum absolute atomic E-state index is 0.0506. The lowest BCUT2D eigenvalue weighted by molar-refractivity contribution is 0.189. The third-order valence-electron chi connectivity index (χ3n) is 4.74. The van der Waals surface area contributed by atoms with E-state index in [0.717, 1.165) is 17.5 Å². The second-order valence-electron chi connectivity index (χ2n) is 6.83. The van der Waals surface area contributed by atoms with Crippen LogP contribution in [-0.4, -0.2) is 33.4 Å². The monoisotopic (exact) mass is 422 g/mol. The molecular formula is C22H22N4O3S. The average Bonchev–Trinajstić information content (AvgIpc) is 3.23. The van der Waals surface area contributed by atoms with Gasteiger partial charge in [0.2, 0.25) is 11.7 Å². The third kappa shape index (κ3) is 4.29. The number of aromatic nitrogens is 4. The number of nitrogens with zero attached hydrogens (tertiary/aromatic N) is 4. The van der Waals surface area contributed by atoms with E-state index in [1.165, 1.54) is 11.8 Å². The first kappa shape index (κ1) is 20.3. The topological polar surface area (TPSA) is 83.0 Å². The Morgan fingerprint density at radius 1 is 1.10 bits per heavy atom. The molecular weight excluding hydrogens is 400 g/mol. The van der Waals surface area contributed by atoms with Crippen LogP contribution in [0.2, 0.25) is 0 Å². The Hall–Kier alpha value is -2.97. The van der Waals surface area contributed by atoms with Gasteiger partial charge in [-0.2, -0.15) is 4.98 Å². The van der Waals surface area contributed by atoms with Crippen LogP contribution in [0.4, 0.5) is 0 Å². The van der Waals surface area contributed by atoms with Gasteiger partial charge in [-0.1, -0.05) is 53.3 Å². The number of thioether (sulfide) groups is 1. The predicted octanol–water partition coefficient (Wildman–Crippen LogP) is 4.08. The molecule has 8 heteroatoms. The first-order chi connectivity index (χ1) is 14.7. The van der Waals surface area contributed by atoms with E-state index in [1.54, 1.807) is 17.7 Å². The first-order valence-corrected chi connectivity index (χ1v) is 10.7. The summed E-state index contributed by atoms with van der Waals surface area (Å²) in [6, 6.07) is 15.3. The molecule has 0 aliphatic heterocycles. The first-order valence-electron chi connectivity index (χ1n) is 9.67. The van der Waals surface area contributed by atoms with E-state index in [-0.39, 0.29) is 5.56 Å². The fourth-order valence-electron chi connectivity index (χ4n) is 3.19. The molecule has 4 aromatic rings. The summed E-state index contributed by atoms with van der Waals surface area (Å²) in [5, 5.41) is 5.35. The van der Waals surface area contributed by atoms with Gasteiger partial charge >= 0.3 is 0 Å². The lowest BCUT2D eigenvalue weighted by Gasteiger charge is -2.12. The van der Waals surface area contributed by atoms with Crippen molar-refractivity contribution in [2.45, 2.75) is 30.8 Å². The summed E-state index contributed by atoms with van der Waals surface area (Å²) < 4.78 is 12.3. The van der Waals surface area contributed by atoms with E-state index < -0.39 is 0 Å². The SMILES string of the molecule is COCCCn1c(SCc2nc(-c3ccccc3C)no2)nc2ccccc2c1=O. The Labute approximate surface area is 178 Å². The quantitative estimate of drug-likeness (QED) is 0.240. The molecule has 0 spiro atoms. The maximum Gasteiger partial charge on any atom is 0.262 e. The molecule has 2 aromatic carbocycles. The molecule has 0 aliphatic carbocycles. The third-order valence-corrected chi connectivity index (χ3v) is 5.70. The Morgan fingerprint density at radius 3 is 2.73 bits per heavy atom. The number of methoxy groups -OCH3 is 1. The molecule has 30 heavy (non-hydrogen) atoms. The van der Waals surface area contributed by atoms with Gasteiger partial charge in [-0.15, -0.1) is 0 Å². The summed E-state index contributed by atoms with van der Waals surface area (Å²) in [5.74, 6) is 1.48. The van der Waals surface area contributed by atoms with Crippen molar-refractivity contribution in [2.75, 3.05) is 13.7 Å². The van der Waals surface area contributed by atoms with Crippen molar-refractivity contribution in [1.82, 2.24) is 19.7 Å². The van der Waals surface area contributed by atoms with Crippen LogP contribution in [0.25, 0.3) is 22.3 Å². The van der Waals surface area contributed by atoms with Crippen molar-refractivity contribution in [3.63, 3.8) is 0 Å². The Kier molecular flexibility index (Phi) is 6.25. The zero-order valence-electron chi connectivity index (χ0n) is 16.9. The van der Waals surface area contributed by atoms with Gasteiger partial charge in [0.15, 0.2) is 5.16 Å². The molecule has 0 radical (unpaired) electrons. The molecule has 0 unspecified atom stereocenters. The van der Waals surface area contributed by atoms with Crippen molar-refractivity contribution < 1.29 is 9.26 Å². The van der Waals surface area contributed by atoms with Gasteiger partial charge in [0.05, 0.1) is 16.7 Å².